The first kappa shape index (κ1) is 27.9. The first-order chi connectivity index (χ1) is 19.8. The number of aryl methyl sites for hydroxylation is 1. The van der Waals surface area contributed by atoms with Gasteiger partial charge in [0.05, 0.1) is 19.3 Å². The van der Waals surface area contributed by atoms with Gasteiger partial charge >= 0.3 is 6.18 Å². The molecule has 0 bridgehead atoms. The summed E-state index contributed by atoms with van der Waals surface area (Å²) in [6.45, 7) is -1.23. The van der Waals surface area contributed by atoms with Crippen LogP contribution >= 0.6 is 0 Å². The summed E-state index contributed by atoms with van der Waals surface area (Å²) in [7, 11) is 3.19. The zero-order chi connectivity index (χ0) is 30.0. The van der Waals surface area contributed by atoms with Crippen LogP contribution in [0.4, 0.5) is 17.6 Å². The summed E-state index contributed by atoms with van der Waals surface area (Å²) in [4.78, 5) is 17.8. The molecule has 9 nitrogen and oxygen atoms in total. The third kappa shape index (κ3) is 4.52. The Morgan fingerprint density at radius 2 is 1.95 bits per heavy atom. The molecule has 2 unspecified atom stereocenters. The zero-order valence-corrected chi connectivity index (χ0v) is 22.6. The van der Waals surface area contributed by atoms with Crippen LogP contribution in [0.15, 0.2) is 48.7 Å². The number of carbonyl (C=O) groups excluding carboxylic acids is 1. The van der Waals surface area contributed by atoms with E-state index in [0.29, 0.717) is 29.5 Å². The molecular formula is C29H27F4N5O4. The van der Waals surface area contributed by atoms with E-state index in [0.717, 1.165) is 18.2 Å². The molecule has 0 radical (unpaired) electrons. The van der Waals surface area contributed by atoms with E-state index in [1.807, 2.05) is 0 Å². The Bertz CT molecular complexity index is 1700. The van der Waals surface area contributed by atoms with Crippen molar-refractivity contribution in [2.45, 2.75) is 30.2 Å². The lowest BCUT2D eigenvalue weighted by molar-refractivity contribution is -0.191. The molecule has 2 atom stereocenters. The molecule has 42 heavy (non-hydrogen) atoms. The first-order valence-electron chi connectivity index (χ1n) is 13.2. The molecule has 4 aromatic rings. The molecule has 6 rings (SSSR count). The van der Waals surface area contributed by atoms with E-state index in [1.165, 1.54) is 25.3 Å². The standard InChI is InChI=1S/C29H27F4N5O4/c1-38-12-17-9-16(10-21(41-2)23(17)37-38)26(39)35-13-27(40,18-5-6-18)22-11-20-25(42-14-28(20,34)29(31,32)33)24(36-22)15-3-7-19(30)8-4-15/h3-4,7-12,18,40H,5-6,13-14,34H2,1-2H3,(H,35,39). The van der Waals surface area contributed by atoms with E-state index in [2.05, 4.69) is 15.4 Å². The van der Waals surface area contributed by atoms with Crippen LogP contribution in [-0.4, -0.2) is 52.2 Å². The molecule has 1 amide bonds. The zero-order valence-electron chi connectivity index (χ0n) is 22.6. The summed E-state index contributed by atoms with van der Waals surface area (Å²) in [5, 5.41) is 19.7. The average molecular weight is 586 g/mol. The number of fused-ring (bicyclic) bond motifs is 2. The van der Waals surface area contributed by atoms with Gasteiger partial charge in [0.15, 0.2) is 11.3 Å². The Hall–Kier alpha value is -4.23. The molecule has 1 fully saturated rings. The molecule has 2 aromatic carbocycles. The van der Waals surface area contributed by atoms with E-state index in [-0.39, 0.29) is 40.7 Å². The monoisotopic (exact) mass is 585 g/mol. The van der Waals surface area contributed by atoms with Crippen molar-refractivity contribution >= 4 is 16.8 Å². The quantitative estimate of drug-likeness (QED) is 0.281. The van der Waals surface area contributed by atoms with E-state index < -0.39 is 41.2 Å². The number of amides is 1. The first-order valence-corrected chi connectivity index (χ1v) is 13.2. The molecule has 0 spiro atoms. The largest absolute Gasteiger partial charge is 0.494 e. The predicted molar refractivity (Wildman–Crippen MR) is 143 cm³/mol. The van der Waals surface area contributed by atoms with Crippen molar-refractivity contribution in [3.63, 3.8) is 0 Å². The normalized spacial score (nSPS) is 19.7. The number of carbonyl (C=O) groups is 1. The fourth-order valence-electron chi connectivity index (χ4n) is 5.37. The highest BCUT2D eigenvalue weighted by Crippen LogP contribution is 2.52. The van der Waals surface area contributed by atoms with Crippen molar-refractivity contribution in [1.29, 1.82) is 0 Å². The van der Waals surface area contributed by atoms with E-state index >= 15 is 0 Å². The number of ether oxygens (including phenoxy) is 2. The molecule has 1 aliphatic heterocycles. The van der Waals surface area contributed by atoms with E-state index in [4.69, 9.17) is 15.2 Å². The van der Waals surface area contributed by atoms with Crippen LogP contribution < -0.4 is 20.5 Å². The van der Waals surface area contributed by atoms with Crippen LogP contribution in [0.3, 0.4) is 0 Å². The molecule has 2 aromatic heterocycles. The second-order valence-electron chi connectivity index (χ2n) is 10.8. The van der Waals surface area contributed by atoms with Gasteiger partial charge in [-0.1, -0.05) is 0 Å². The van der Waals surface area contributed by atoms with Crippen LogP contribution in [0, 0.1) is 11.7 Å². The smallest absolute Gasteiger partial charge is 0.414 e. The number of alkyl halides is 3. The Morgan fingerprint density at radius 3 is 2.60 bits per heavy atom. The number of nitrogens with one attached hydrogen (secondary N) is 1. The minimum absolute atomic E-state index is 0.0174. The minimum Gasteiger partial charge on any atom is -0.494 e. The second-order valence-corrected chi connectivity index (χ2v) is 10.8. The van der Waals surface area contributed by atoms with Crippen LogP contribution in [-0.2, 0) is 18.2 Å². The average Bonchev–Trinajstić information content (AvgIpc) is 3.66. The summed E-state index contributed by atoms with van der Waals surface area (Å²) in [6, 6.07) is 9.25. The van der Waals surface area contributed by atoms with Crippen LogP contribution in [0.1, 0.15) is 34.5 Å². The van der Waals surface area contributed by atoms with E-state index in [9.17, 15) is 27.5 Å². The van der Waals surface area contributed by atoms with Gasteiger partial charge in [-0.3, -0.25) is 9.48 Å². The van der Waals surface area contributed by atoms with Gasteiger partial charge in [0.2, 0.25) is 0 Å². The Kier molecular flexibility index (Phi) is 6.42. The third-order valence-electron chi connectivity index (χ3n) is 7.91. The lowest BCUT2D eigenvalue weighted by atomic mass is 9.86. The minimum atomic E-state index is -4.88. The van der Waals surface area contributed by atoms with Crippen molar-refractivity contribution in [2.24, 2.45) is 18.7 Å². The number of benzene rings is 2. The number of aromatic nitrogens is 3. The van der Waals surface area contributed by atoms with Crippen LogP contribution in [0.2, 0.25) is 0 Å². The predicted octanol–water partition coefficient (Wildman–Crippen LogP) is 3.92. The molecule has 0 saturated heterocycles. The third-order valence-corrected chi connectivity index (χ3v) is 7.91. The summed E-state index contributed by atoms with van der Waals surface area (Å²) >= 11 is 0. The highest BCUT2D eigenvalue weighted by Gasteiger charge is 2.59. The lowest BCUT2D eigenvalue weighted by Gasteiger charge is -2.31. The van der Waals surface area contributed by atoms with Gasteiger partial charge in [-0.25, -0.2) is 9.37 Å². The molecule has 3 heterocycles. The Balaban J connectivity index is 1.40. The van der Waals surface area contributed by atoms with Gasteiger partial charge in [-0.2, -0.15) is 18.3 Å². The number of methoxy groups -OCH3 is 1. The van der Waals surface area contributed by atoms with Crippen molar-refractivity contribution < 1.29 is 36.9 Å². The number of nitrogens with zero attached hydrogens (tertiary/aromatic N) is 3. The Labute approximate surface area is 237 Å². The van der Waals surface area contributed by atoms with Crippen LogP contribution in [0.5, 0.6) is 11.5 Å². The highest BCUT2D eigenvalue weighted by molar-refractivity contribution is 5.99. The number of halogens is 4. The molecule has 1 aliphatic carbocycles. The van der Waals surface area contributed by atoms with Crippen LogP contribution in [0.25, 0.3) is 22.2 Å². The van der Waals surface area contributed by atoms with Gasteiger partial charge in [-0.15, -0.1) is 0 Å². The highest BCUT2D eigenvalue weighted by atomic mass is 19.4. The topological polar surface area (TPSA) is 125 Å². The summed E-state index contributed by atoms with van der Waals surface area (Å²) in [6.07, 6.45) is -2.03. The van der Waals surface area contributed by atoms with Gasteiger partial charge in [0.25, 0.3) is 5.91 Å². The maximum absolute atomic E-state index is 14.2. The number of nitrogens with two attached hydrogens (primary N) is 1. The molecule has 1 saturated carbocycles. The number of aliphatic hydroxyl groups is 1. The molecular weight excluding hydrogens is 558 g/mol. The fourth-order valence-corrected chi connectivity index (χ4v) is 5.37. The molecule has 4 N–H and O–H groups in total. The summed E-state index contributed by atoms with van der Waals surface area (Å²) in [5.41, 5.74) is 1.76. The van der Waals surface area contributed by atoms with Crippen molar-refractivity contribution in [1.82, 2.24) is 20.1 Å². The van der Waals surface area contributed by atoms with Gasteiger partial charge in [0, 0.05) is 35.3 Å². The van der Waals surface area contributed by atoms with Gasteiger partial charge in [0.1, 0.15) is 35.0 Å². The summed E-state index contributed by atoms with van der Waals surface area (Å²) < 4.78 is 68.7. The number of hydrogen-bond acceptors (Lipinski definition) is 7. The fraction of sp³-hybridized carbons (Fsp3) is 0.345. The SMILES string of the molecule is COc1cc(C(=O)NCC(O)(c2cc3c(c(-c4ccc(F)cc4)n2)OCC3(N)C(F)(F)F)C2CC2)cc2cn(C)nc12. The van der Waals surface area contributed by atoms with Gasteiger partial charge < -0.3 is 25.6 Å². The number of hydrogen-bond donors (Lipinski definition) is 3. The van der Waals surface area contributed by atoms with E-state index in [1.54, 1.807) is 24.0 Å². The number of pyridine rings is 1. The maximum atomic E-state index is 14.2. The number of rotatable bonds is 7. The summed E-state index contributed by atoms with van der Waals surface area (Å²) in [5.74, 6) is -1.28. The van der Waals surface area contributed by atoms with Crippen molar-refractivity contribution in [3.05, 3.63) is 71.3 Å². The maximum Gasteiger partial charge on any atom is 0.414 e. The van der Waals surface area contributed by atoms with Crippen molar-refractivity contribution in [3.8, 4) is 22.8 Å². The molecule has 2 aliphatic rings. The Morgan fingerprint density at radius 1 is 1.24 bits per heavy atom. The lowest BCUT2D eigenvalue weighted by Crippen LogP contribution is -2.52. The second kappa shape index (κ2) is 9.66. The van der Waals surface area contributed by atoms with Gasteiger partial charge in [-0.05, 0) is 61.2 Å². The van der Waals surface area contributed by atoms with Crippen molar-refractivity contribution in [2.75, 3.05) is 20.3 Å². The molecule has 220 valence electrons. The molecule has 13 heteroatoms.